The molecule has 0 fully saturated rings. The number of carbonyl (C=O) groups excluding carboxylic acids is 1. The van der Waals surface area contributed by atoms with E-state index in [-0.39, 0.29) is 31.2 Å². The van der Waals surface area contributed by atoms with Gasteiger partial charge in [0.2, 0.25) is 5.91 Å². The lowest BCUT2D eigenvalue weighted by Crippen LogP contribution is -2.31. The number of nitrogens with two attached hydrogens (primary N) is 1. The van der Waals surface area contributed by atoms with E-state index in [2.05, 4.69) is 10.3 Å². The highest BCUT2D eigenvalue weighted by atomic mass is 19.1. The lowest BCUT2D eigenvalue weighted by molar-refractivity contribution is -0.138. The minimum absolute atomic E-state index is 0.0970. The van der Waals surface area contributed by atoms with Gasteiger partial charge in [-0.3, -0.25) is 14.6 Å². The summed E-state index contributed by atoms with van der Waals surface area (Å²) in [6.07, 6.45) is 1.88. The third kappa shape index (κ3) is 6.74. The molecule has 196 valence electrons. The number of aliphatic carboxylic acids is 1. The first-order valence-electron chi connectivity index (χ1n) is 11.7. The number of aromatic nitrogens is 1. The SMILES string of the molecule is COc1cc2c(Oc3ccc(CC(=O)Nc4ccc(F)cc4)cc3)ccnc2cc1OCC[C@H](N)C(=O)O. The molecule has 0 aliphatic carbocycles. The predicted octanol–water partition coefficient (Wildman–Crippen LogP) is 4.54. The molecule has 0 aliphatic heterocycles. The van der Waals surface area contributed by atoms with Gasteiger partial charge in [-0.05, 0) is 54.1 Å². The largest absolute Gasteiger partial charge is 0.493 e. The van der Waals surface area contributed by atoms with Crippen molar-refractivity contribution in [3.8, 4) is 23.0 Å². The number of amides is 1. The monoisotopic (exact) mass is 519 g/mol. The Bertz CT molecular complexity index is 1430. The van der Waals surface area contributed by atoms with Crippen molar-refractivity contribution in [1.82, 2.24) is 4.98 Å². The van der Waals surface area contributed by atoms with Gasteiger partial charge in [-0.25, -0.2) is 4.39 Å². The number of methoxy groups -OCH3 is 1. The Morgan fingerprint density at radius 3 is 2.45 bits per heavy atom. The smallest absolute Gasteiger partial charge is 0.320 e. The van der Waals surface area contributed by atoms with E-state index < -0.39 is 12.0 Å². The highest BCUT2D eigenvalue weighted by molar-refractivity contribution is 5.92. The van der Waals surface area contributed by atoms with Crippen molar-refractivity contribution in [2.24, 2.45) is 5.73 Å². The first kappa shape index (κ1) is 26.4. The molecular formula is C28H26FN3O6. The average molecular weight is 520 g/mol. The molecule has 1 atom stereocenters. The van der Waals surface area contributed by atoms with E-state index in [9.17, 15) is 14.0 Å². The molecule has 3 aromatic carbocycles. The second-order valence-electron chi connectivity index (χ2n) is 8.39. The van der Waals surface area contributed by atoms with Crippen LogP contribution in [0.15, 0.2) is 72.9 Å². The second-order valence-corrected chi connectivity index (χ2v) is 8.39. The molecular weight excluding hydrogens is 493 g/mol. The topological polar surface area (TPSA) is 133 Å². The number of pyridine rings is 1. The van der Waals surface area contributed by atoms with Crippen molar-refractivity contribution in [3.05, 3.63) is 84.3 Å². The molecule has 1 aromatic heterocycles. The van der Waals surface area contributed by atoms with E-state index in [1.54, 1.807) is 48.7 Å². The number of halogens is 1. The molecule has 38 heavy (non-hydrogen) atoms. The van der Waals surface area contributed by atoms with Crippen LogP contribution >= 0.6 is 0 Å². The maximum atomic E-state index is 13.0. The quantitative estimate of drug-likeness (QED) is 0.263. The van der Waals surface area contributed by atoms with Crippen LogP contribution in [0.2, 0.25) is 0 Å². The van der Waals surface area contributed by atoms with Gasteiger partial charge in [0, 0.05) is 29.8 Å². The van der Waals surface area contributed by atoms with E-state index in [0.29, 0.717) is 39.6 Å². The number of benzene rings is 3. The Kier molecular flexibility index (Phi) is 8.34. The van der Waals surface area contributed by atoms with Crippen molar-refractivity contribution in [2.45, 2.75) is 18.9 Å². The maximum Gasteiger partial charge on any atom is 0.320 e. The van der Waals surface area contributed by atoms with Gasteiger partial charge >= 0.3 is 5.97 Å². The van der Waals surface area contributed by atoms with Crippen molar-refractivity contribution in [3.63, 3.8) is 0 Å². The molecule has 4 N–H and O–H groups in total. The summed E-state index contributed by atoms with van der Waals surface area (Å²) >= 11 is 0. The van der Waals surface area contributed by atoms with E-state index in [0.717, 1.165) is 5.56 Å². The van der Waals surface area contributed by atoms with Crippen LogP contribution in [0.3, 0.4) is 0 Å². The number of anilines is 1. The zero-order valence-electron chi connectivity index (χ0n) is 20.5. The first-order valence-corrected chi connectivity index (χ1v) is 11.7. The third-order valence-corrected chi connectivity index (χ3v) is 5.63. The van der Waals surface area contributed by atoms with Gasteiger partial charge in [0.1, 0.15) is 23.4 Å². The van der Waals surface area contributed by atoms with Crippen molar-refractivity contribution >= 4 is 28.5 Å². The fraction of sp³-hybridized carbons (Fsp3) is 0.179. The molecule has 0 spiro atoms. The van der Waals surface area contributed by atoms with Crippen LogP contribution in [0.5, 0.6) is 23.0 Å². The Labute approximate surface area is 218 Å². The molecule has 1 amide bonds. The molecule has 4 rings (SSSR count). The Hall–Kier alpha value is -4.70. The minimum Gasteiger partial charge on any atom is -0.493 e. The summed E-state index contributed by atoms with van der Waals surface area (Å²) in [6.45, 7) is 0.0970. The highest BCUT2D eigenvalue weighted by Crippen LogP contribution is 2.37. The fourth-order valence-corrected chi connectivity index (χ4v) is 3.64. The number of carboxylic acid groups (broad SMARTS) is 1. The fourth-order valence-electron chi connectivity index (χ4n) is 3.64. The summed E-state index contributed by atoms with van der Waals surface area (Å²) in [5.41, 5.74) is 7.43. The number of nitrogens with zero attached hydrogens (tertiary/aromatic N) is 1. The number of ether oxygens (including phenoxy) is 3. The molecule has 4 aromatic rings. The number of fused-ring (bicyclic) bond motifs is 1. The van der Waals surface area contributed by atoms with E-state index >= 15 is 0 Å². The van der Waals surface area contributed by atoms with Crippen molar-refractivity contribution in [1.29, 1.82) is 0 Å². The average Bonchev–Trinajstić information content (AvgIpc) is 2.90. The third-order valence-electron chi connectivity index (χ3n) is 5.63. The van der Waals surface area contributed by atoms with Crippen LogP contribution in [0.4, 0.5) is 10.1 Å². The first-order chi connectivity index (χ1) is 18.3. The number of carboxylic acids is 1. The number of rotatable bonds is 11. The van der Waals surface area contributed by atoms with Crippen LogP contribution in [-0.4, -0.2) is 41.7 Å². The summed E-state index contributed by atoms with van der Waals surface area (Å²) < 4.78 is 30.3. The molecule has 0 saturated carbocycles. The van der Waals surface area contributed by atoms with Crippen molar-refractivity contribution in [2.75, 3.05) is 19.0 Å². The van der Waals surface area contributed by atoms with Gasteiger partial charge in [0.15, 0.2) is 11.5 Å². The summed E-state index contributed by atoms with van der Waals surface area (Å²) in [6, 6.07) is 16.8. The van der Waals surface area contributed by atoms with E-state index in [4.69, 9.17) is 25.1 Å². The molecule has 0 bridgehead atoms. The van der Waals surface area contributed by atoms with E-state index in [1.807, 2.05) is 0 Å². The molecule has 0 unspecified atom stereocenters. The summed E-state index contributed by atoms with van der Waals surface area (Å²) in [5, 5.41) is 12.3. The summed E-state index contributed by atoms with van der Waals surface area (Å²) in [5.74, 6) is 0.249. The summed E-state index contributed by atoms with van der Waals surface area (Å²) in [7, 11) is 1.50. The normalized spacial score (nSPS) is 11.6. The van der Waals surface area contributed by atoms with Crippen LogP contribution in [0.25, 0.3) is 10.9 Å². The van der Waals surface area contributed by atoms with Gasteiger partial charge < -0.3 is 30.4 Å². The number of hydrogen-bond acceptors (Lipinski definition) is 7. The van der Waals surface area contributed by atoms with Crippen molar-refractivity contribution < 1.29 is 33.3 Å². The molecule has 0 radical (unpaired) electrons. The number of carbonyl (C=O) groups is 2. The van der Waals surface area contributed by atoms with Gasteiger partial charge in [-0.15, -0.1) is 0 Å². The Balaban J connectivity index is 1.43. The van der Waals surface area contributed by atoms with Gasteiger partial charge in [-0.2, -0.15) is 0 Å². The zero-order valence-corrected chi connectivity index (χ0v) is 20.5. The van der Waals surface area contributed by atoms with Crippen LogP contribution < -0.4 is 25.3 Å². The number of nitrogens with one attached hydrogen (secondary N) is 1. The Morgan fingerprint density at radius 1 is 1.03 bits per heavy atom. The molecule has 9 nitrogen and oxygen atoms in total. The van der Waals surface area contributed by atoms with Crippen LogP contribution in [0.1, 0.15) is 12.0 Å². The van der Waals surface area contributed by atoms with E-state index in [1.165, 1.54) is 31.4 Å². The summed E-state index contributed by atoms with van der Waals surface area (Å²) in [4.78, 5) is 27.6. The maximum absolute atomic E-state index is 13.0. The second kappa shape index (κ2) is 12.0. The highest BCUT2D eigenvalue weighted by Gasteiger charge is 2.15. The van der Waals surface area contributed by atoms with Gasteiger partial charge in [0.05, 0.1) is 25.7 Å². The molecule has 1 heterocycles. The lowest BCUT2D eigenvalue weighted by Gasteiger charge is -2.14. The van der Waals surface area contributed by atoms with Gasteiger partial charge in [-0.1, -0.05) is 12.1 Å². The predicted molar refractivity (Wildman–Crippen MR) is 139 cm³/mol. The standard InChI is InChI=1S/C28H26FN3O6/c1-36-25-15-21-23(16-26(25)37-13-11-22(30)28(34)35)31-12-10-24(21)38-20-8-2-17(3-9-20)14-27(33)32-19-6-4-18(29)5-7-19/h2-10,12,15-16,22H,11,13-14,30H2,1H3,(H,32,33)(H,34,35)/t22-/m0/s1. The van der Waals surface area contributed by atoms with Crippen LogP contribution in [0, 0.1) is 5.82 Å². The van der Waals surface area contributed by atoms with Crippen LogP contribution in [-0.2, 0) is 16.0 Å². The Morgan fingerprint density at radius 2 is 1.76 bits per heavy atom. The van der Waals surface area contributed by atoms with Gasteiger partial charge in [0.25, 0.3) is 0 Å². The lowest BCUT2D eigenvalue weighted by atomic mass is 10.1. The molecule has 10 heteroatoms. The minimum atomic E-state index is -1.09. The zero-order chi connectivity index (χ0) is 27.1. The number of hydrogen-bond donors (Lipinski definition) is 3. The molecule has 0 saturated heterocycles. The molecule has 0 aliphatic rings.